The summed E-state index contributed by atoms with van der Waals surface area (Å²) >= 11 is 0. The van der Waals surface area contributed by atoms with Gasteiger partial charge in [-0.05, 0) is 37.3 Å². The van der Waals surface area contributed by atoms with Gasteiger partial charge in [-0.15, -0.1) is 0 Å². The van der Waals surface area contributed by atoms with Crippen LogP contribution < -0.4 is 5.73 Å². The molecule has 0 aromatic carbocycles. The molecule has 3 rings (SSSR count). The lowest BCUT2D eigenvalue weighted by molar-refractivity contribution is -0.148. The summed E-state index contributed by atoms with van der Waals surface area (Å²) in [7, 11) is 0. The Morgan fingerprint density at radius 3 is 2.74 bits per heavy atom. The smallest absolute Gasteiger partial charge is 0.230 e. The Kier molecular flexibility index (Phi) is 3.27. The third-order valence-corrected chi connectivity index (χ3v) is 4.48. The molecule has 1 aromatic rings. The number of pyridine rings is 1. The molecule has 102 valence electrons. The van der Waals surface area contributed by atoms with E-state index in [1.807, 2.05) is 23.2 Å². The molecule has 4 heteroatoms. The number of aromatic nitrogens is 1. The summed E-state index contributed by atoms with van der Waals surface area (Å²) in [5.41, 5.74) is 6.71. The molecule has 0 atom stereocenters. The van der Waals surface area contributed by atoms with Gasteiger partial charge in [0.15, 0.2) is 0 Å². The van der Waals surface area contributed by atoms with Gasteiger partial charge in [-0.2, -0.15) is 0 Å². The lowest BCUT2D eigenvalue weighted by Gasteiger charge is -2.43. The summed E-state index contributed by atoms with van der Waals surface area (Å²) < 4.78 is 0. The maximum atomic E-state index is 12.8. The van der Waals surface area contributed by atoms with Crippen LogP contribution in [0.3, 0.4) is 0 Å². The second-order valence-corrected chi connectivity index (χ2v) is 5.86. The molecule has 0 spiro atoms. The zero-order valence-electron chi connectivity index (χ0n) is 11.2. The number of amides is 1. The molecule has 19 heavy (non-hydrogen) atoms. The molecular formula is C15H21N3O. The van der Waals surface area contributed by atoms with Crippen LogP contribution in [0.4, 0.5) is 0 Å². The first kappa shape index (κ1) is 12.6. The molecule has 2 aliphatic carbocycles. The van der Waals surface area contributed by atoms with Crippen LogP contribution in [0.15, 0.2) is 24.5 Å². The van der Waals surface area contributed by atoms with E-state index in [-0.39, 0.29) is 11.3 Å². The Hall–Kier alpha value is -1.42. The minimum atomic E-state index is -0.259. The molecule has 0 saturated heterocycles. The van der Waals surface area contributed by atoms with Crippen LogP contribution in [0.1, 0.15) is 37.7 Å². The van der Waals surface area contributed by atoms with Crippen LogP contribution in [0.25, 0.3) is 0 Å². The molecule has 2 saturated carbocycles. The molecular weight excluding hydrogens is 238 g/mol. The average Bonchev–Trinajstić information content (AvgIpc) is 3.21. The third-order valence-electron chi connectivity index (χ3n) is 4.48. The van der Waals surface area contributed by atoms with E-state index in [1.165, 1.54) is 0 Å². The van der Waals surface area contributed by atoms with Crippen LogP contribution >= 0.6 is 0 Å². The van der Waals surface area contributed by atoms with Crippen LogP contribution in [0, 0.1) is 5.41 Å². The number of hydrogen-bond donors (Lipinski definition) is 1. The first-order valence-corrected chi connectivity index (χ1v) is 7.15. The zero-order chi connectivity index (χ0) is 13.3. The van der Waals surface area contributed by atoms with E-state index in [0.717, 1.165) is 37.7 Å². The molecule has 0 unspecified atom stereocenters. The van der Waals surface area contributed by atoms with Gasteiger partial charge in [-0.3, -0.25) is 9.78 Å². The predicted octanol–water partition coefficient (Wildman–Crippen LogP) is 1.70. The summed E-state index contributed by atoms with van der Waals surface area (Å²) in [5, 5.41) is 0. The van der Waals surface area contributed by atoms with E-state index < -0.39 is 0 Å². The SMILES string of the molecule is NCC1(C(=O)N(Cc2cccnc2)C2CC2)CCC1. The highest BCUT2D eigenvalue weighted by Crippen LogP contribution is 2.44. The first-order chi connectivity index (χ1) is 9.25. The molecule has 2 fully saturated rings. The number of hydrogen-bond acceptors (Lipinski definition) is 3. The van der Waals surface area contributed by atoms with E-state index in [4.69, 9.17) is 5.73 Å². The summed E-state index contributed by atoms with van der Waals surface area (Å²) in [6.07, 6.45) is 8.92. The summed E-state index contributed by atoms with van der Waals surface area (Å²) in [6, 6.07) is 4.38. The van der Waals surface area contributed by atoms with Crippen LogP contribution in [0.5, 0.6) is 0 Å². The fourth-order valence-electron chi connectivity index (χ4n) is 2.85. The maximum absolute atomic E-state index is 12.8. The first-order valence-electron chi connectivity index (χ1n) is 7.15. The van der Waals surface area contributed by atoms with Crippen molar-refractivity contribution in [1.29, 1.82) is 0 Å². The highest BCUT2D eigenvalue weighted by molar-refractivity contribution is 5.84. The standard InChI is InChI=1S/C15H21N3O/c16-11-15(6-2-7-15)14(19)18(13-4-5-13)10-12-3-1-8-17-9-12/h1,3,8-9,13H,2,4-7,10-11,16H2. The largest absolute Gasteiger partial charge is 0.335 e. The van der Waals surface area contributed by atoms with Crippen molar-refractivity contribution in [3.05, 3.63) is 30.1 Å². The van der Waals surface area contributed by atoms with Crippen molar-refractivity contribution in [2.24, 2.45) is 11.1 Å². The molecule has 0 aliphatic heterocycles. The Morgan fingerprint density at radius 1 is 1.47 bits per heavy atom. The van der Waals surface area contributed by atoms with Gasteiger partial charge in [0.1, 0.15) is 0 Å². The van der Waals surface area contributed by atoms with Crippen molar-refractivity contribution < 1.29 is 4.79 Å². The van der Waals surface area contributed by atoms with E-state index in [9.17, 15) is 4.79 Å². The quantitative estimate of drug-likeness (QED) is 0.875. The Balaban J connectivity index is 1.76. The van der Waals surface area contributed by atoms with E-state index >= 15 is 0 Å². The highest BCUT2D eigenvalue weighted by atomic mass is 16.2. The van der Waals surface area contributed by atoms with E-state index in [2.05, 4.69) is 4.98 Å². The van der Waals surface area contributed by atoms with Gasteiger partial charge in [0.2, 0.25) is 5.91 Å². The minimum Gasteiger partial charge on any atom is -0.335 e. The van der Waals surface area contributed by atoms with Gasteiger partial charge in [0.05, 0.1) is 5.41 Å². The molecule has 2 aliphatic rings. The van der Waals surface area contributed by atoms with Gasteiger partial charge in [0.25, 0.3) is 0 Å². The van der Waals surface area contributed by atoms with Gasteiger partial charge >= 0.3 is 0 Å². The van der Waals surface area contributed by atoms with Crippen molar-refractivity contribution >= 4 is 5.91 Å². The summed E-state index contributed by atoms with van der Waals surface area (Å²) in [5.74, 6) is 0.271. The van der Waals surface area contributed by atoms with Crippen molar-refractivity contribution in [3.8, 4) is 0 Å². The van der Waals surface area contributed by atoms with Crippen molar-refractivity contribution in [2.45, 2.75) is 44.7 Å². The highest BCUT2D eigenvalue weighted by Gasteiger charge is 2.47. The zero-order valence-corrected chi connectivity index (χ0v) is 11.2. The number of carbonyl (C=O) groups is 1. The Bertz CT molecular complexity index is 446. The number of nitrogens with two attached hydrogens (primary N) is 1. The molecule has 0 radical (unpaired) electrons. The lowest BCUT2D eigenvalue weighted by Crippen LogP contribution is -2.52. The second kappa shape index (κ2) is 4.93. The molecule has 0 bridgehead atoms. The Morgan fingerprint density at radius 2 is 2.26 bits per heavy atom. The summed E-state index contributed by atoms with van der Waals surface area (Å²) in [6.45, 7) is 1.17. The van der Waals surface area contributed by atoms with Crippen molar-refractivity contribution in [2.75, 3.05) is 6.54 Å². The molecule has 4 nitrogen and oxygen atoms in total. The molecule has 1 amide bonds. The monoisotopic (exact) mass is 259 g/mol. The van der Waals surface area contributed by atoms with Gasteiger partial charge in [-0.25, -0.2) is 0 Å². The van der Waals surface area contributed by atoms with Crippen molar-refractivity contribution in [1.82, 2.24) is 9.88 Å². The average molecular weight is 259 g/mol. The maximum Gasteiger partial charge on any atom is 0.230 e. The number of rotatable bonds is 5. The fraction of sp³-hybridized carbons (Fsp3) is 0.600. The van der Waals surface area contributed by atoms with E-state index in [0.29, 0.717) is 19.1 Å². The Labute approximate surface area is 114 Å². The predicted molar refractivity (Wildman–Crippen MR) is 73.1 cm³/mol. The topological polar surface area (TPSA) is 59.2 Å². The number of nitrogens with zero attached hydrogens (tertiary/aromatic N) is 2. The van der Waals surface area contributed by atoms with Gasteiger partial charge in [-0.1, -0.05) is 12.5 Å². The van der Waals surface area contributed by atoms with Crippen LogP contribution in [-0.2, 0) is 11.3 Å². The van der Waals surface area contributed by atoms with Crippen LogP contribution in [0.2, 0.25) is 0 Å². The minimum absolute atomic E-state index is 0.259. The fourth-order valence-corrected chi connectivity index (χ4v) is 2.85. The lowest BCUT2D eigenvalue weighted by atomic mass is 9.67. The van der Waals surface area contributed by atoms with Gasteiger partial charge < -0.3 is 10.6 Å². The molecule has 1 heterocycles. The second-order valence-electron chi connectivity index (χ2n) is 5.86. The third kappa shape index (κ3) is 2.37. The van der Waals surface area contributed by atoms with Crippen LogP contribution in [-0.4, -0.2) is 28.4 Å². The molecule has 1 aromatic heterocycles. The van der Waals surface area contributed by atoms with Gasteiger partial charge in [0, 0.05) is 31.5 Å². The van der Waals surface area contributed by atoms with Crippen molar-refractivity contribution in [3.63, 3.8) is 0 Å². The van der Waals surface area contributed by atoms with E-state index in [1.54, 1.807) is 6.20 Å². The normalized spacial score (nSPS) is 20.7. The molecule has 2 N–H and O–H groups in total. The summed E-state index contributed by atoms with van der Waals surface area (Å²) in [4.78, 5) is 19.0. The number of carbonyl (C=O) groups excluding carboxylic acids is 1.